The molecule has 2 fully saturated rings. The highest BCUT2D eigenvalue weighted by Gasteiger charge is 2.41. The normalized spacial score (nSPS) is 19.9. The van der Waals surface area contributed by atoms with Crippen molar-refractivity contribution in [1.82, 2.24) is 9.88 Å². The molecule has 2 unspecified atom stereocenters. The second-order valence-electron chi connectivity index (χ2n) is 8.49. The van der Waals surface area contributed by atoms with Crippen LogP contribution in [0, 0.1) is 6.92 Å². The van der Waals surface area contributed by atoms with E-state index in [1.807, 2.05) is 49.4 Å². The van der Waals surface area contributed by atoms with Crippen LogP contribution in [0.1, 0.15) is 34.8 Å². The number of aromatic nitrogens is 1. The largest absolute Gasteiger partial charge is 0.462 e. The fraction of sp³-hybridized carbons (Fsp3) is 0.360. The molecule has 2 aliphatic rings. The van der Waals surface area contributed by atoms with Gasteiger partial charge in [0.2, 0.25) is 0 Å². The molecule has 0 aliphatic carbocycles. The second kappa shape index (κ2) is 7.85. The number of ether oxygens (including phenoxy) is 1. The van der Waals surface area contributed by atoms with Gasteiger partial charge in [0, 0.05) is 30.6 Å². The number of benzene rings is 2. The first kappa shape index (κ1) is 19.8. The minimum Gasteiger partial charge on any atom is -0.462 e. The lowest BCUT2D eigenvalue weighted by atomic mass is 10.0. The molecule has 2 saturated heterocycles. The number of carbonyl (C=O) groups is 1. The Balaban J connectivity index is 1.79. The number of anilines is 1. The summed E-state index contributed by atoms with van der Waals surface area (Å²) >= 11 is 0. The van der Waals surface area contributed by atoms with E-state index in [0.29, 0.717) is 12.6 Å². The van der Waals surface area contributed by atoms with Gasteiger partial charge in [0.15, 0.2) is 0 Å². The maximum absolute atomic E-state index is 13.8. The maximum atomic E-state index is 13.8. The van der Waals surface area contributed by atoms with Crippen molar-refractivity contribution >= 4 is 22.6 Å². The molecule has 3 aromatic rings. The summed E-state index contributed by atoms with van der Waals surface area (Å²) in [5.41, 5.74) is 3.56. The number of nitrogens with zero attached hydrogens (tertiary/aromatic N) is 2. The average Bonchev–Trinajstić information content (AvgIpc) is 3.40. The van der Waals surface area contributed by atoms with Gasteiger partial charge in [-0.05, 0) is 38.0 Å². The van der Waals surface area contributed by atoms with E-state index >= 15 is 0 Å². The lowest BCUT2D eigenvalue weighted by molar-refractivity contribution is 0.0524. The van der Waals surface area contributed by atoms with Crippen molar-refractivity contribution in [3.63, 3.8) is 0 Å². The van der Waals surface area contributed by atoms with Crippen molar-refractivity contribution in [2.45, 2.75) is 38.9 Å². The van der Waals surface area contributed by atoms with E-state index in [4.69, 9.17) is 4.74 Å². The van der Waals surface area contributed by atoms with E-state index < -0.39 is 5.97 Å². The zero-order chi connectivity index (χ0) is 21.5. The van der Waals surface area contributed by atoms with Crippen LogP contribution in [0.25, 0.3) is 10.9 Å². The van der Waals surface area contributed by atoms with Gasteiger partial charge in [0.05, 0.1) is 24.4 Å². The van der Waals surface area contributed by atoms with Crippen molar-refractivity contribution in [1.29, 1.82) is 0 Å². The van der Waals surface area contributed by atoms with E-state index in [9.17, 15) is 9.59 Å². The molecule has 3 heterocycles. The Hall–Kier alpha value is -3.12. The van der Waals surface area contributed by atoms with E-state index in [-0.39, 0.29) is 23.8 Å². The van der Waals surface area contributed by atoms with Crippen LogP contribution in [0.3, 0.4) is 0 Å². The molecule has 0 spiro atoms. The lowest BCUT2D eigenvalue weighted by Gasteiger charge is -2.32. The summed E-state index contributed by atoms with van der Waals surface area (Å²) in [6.07, 6.45) is 1.03. The molecule has 6 nitrogen and oxygen atoms in total. The highest BCUT2D eigenvalue weighted by atomic mass is 16.5. The van der Waals surface area contributed by atoms with Crippen LogP contribution in [0.4, 0.5) is 5.69 Å². The van der Waals surface area contributed by atoms with Crippen molar-refractivity contribution in [2.75, 3.05) is 24.6 Å². The van der Waals surface area contributed by atoms with Gasteiger partial charge in [-0.2, -0.15) is 0 Å². The van der Waals surface area contributed by atoms with E-state index in [1.54, 1.807) is 11.5 Å². The van der Waals surface area contributed by atoms with Gasteiger partial charge in [-0.1, -0.05) is 42.0 Å². The molecule has 2 aromatic carbocycles. The van der Waals surface area contributed by atoms with E-state index in [2.05, 4.69) is 16.3 Å². The molecule has 1 N–H and O–H groups in total. The Kier molecular flexibility index (Phi) is 5.02. The highest BCUT2D eigenvalue weighted by Crippen LogP contribution is 2.37. The summed E-state index contributed by atoms with van der Waals surface area (Å²) in [5, 5.41) is 4.44. The Bertz CT molecular complexity index is 1200. The smallest absolute Gasteiger partial charge is 0.345 e. The minimum atomic E-state index is -0.538. The quantitative estimate of drug-likeness (QED) is 0.647. The standard InChI is InChI=1S/C25H27N3O3/c1-3-31-25(30)22-23(27-15-18-12-19(27)13-26-18)20-11-16(2)9-10-21(20)28(24(22)29)14-17-7-5-4-6-8-17/h4-11,18-19,26H,3,12-15H2,1-2H3. The molecule has 2 bridgehead atoms. The van der Waals surface area contributed by atoms with Crippen molar-refractivity contribution < 1.29 is 9.53 Å². The summed E-state index contributed by atoms with van der Waals surface area (Å²) in [7, 11) is 0. The first-order valence-corrected chi connectivity index (χ1v) is 10.9. The topological polar surface area (TPSA) is 63.6 Å². The first-order chi connectivity index (χ1) is 15.1. The van der Waals surface area contributed by atoms with Crippen molar-refractivity contribution in [3.8, 4) is 0 Å². The maximum Gasteiger partial charge on any atom is 0.345 e. The van der Waals surface area contributed by atoms with Crippen LogP contribution in [0.5, 0.6) is 0 Å². The molecule has 1 aromatic heterocycles. The fourth-order valence-electron chi connectivity index (χ4n) is 5.00. The van der Waals surface area contributed by atoms with E-state index in [1.165, 1.54) is 0 Å². The van der Waals surface area contributed by atoms with Crippen LogP contribution < -0.4 is 15.8 Å². The van der Waals surface area contributed by atoms with Gasteiger partial charge >= 0.3 is 5.97 Å². The number of hydrogen-bond donors (Lipinski definition) is 1. The van der Waals surface area contributed by atoms with Crippen molar-refractivity contribution in [3.05, 3.63) is 75.6 Å². The molecule has 0 radical (unpaired) electrons. The molecule has 2 atom stereocenters. The zero-order valence-electron chi connectivity index (χ0n) is 17.9. The average molecular weight is 418 g/mol. The van der Waals surface area contributed by atoms with Gasteiger partial charge < -0.3 is 19.5 Å². The van der Waals surface area contributed by atoms with Gasteiger partial charge in [0.25, 0.3) is 5.56 Å². The number of nitrogens with one attached hydrogen (secondary N) is 1. The Labute approximate surface area is 181 Å². The third-order valence-corrected chi connectivity index (χ3v) is 6.40. The molecule has 31 heavy (non-hydrogen) atoms. The number of piperazine rings is 1. The number of hydrogen-bond acceptors (Lipinski definition) is 5. The van der Waals surface area contributed by atoms with Crippen molar-refractivity contribution in [2.24, 2.45) is 0 Å². The molecule has 0 saturated carbocycles. The lowest BCUT2D eigenvalue weighted by Crippen LogP contribution is -2.45. The SMILES string of the molecule is CCOC(=O)c1c(N2CC3CC2CN3)c2cc(C)ccc2n(Cc2ccccc2)c1=O. The summed E-state index contributed by atoms with van der Waals surface area (Å²) < 4.78 is 7.09. The first-order valence-electron chi connectivity index (χ1n) is 10.9. The van der Waals surface area contributed by atoms with Gasteiger partial charge in [-0.15, -0.1) is 0 Å². The minimum absolute atomic E-state index is 0.156. The Morgan fingerprint density at radius 3 is 2.68 bits per heavy atom. The number of esters is 1. The van der Waals surface area contributed by atoms with Gasteiger partial charge in [0.1, 0.15) is 5.56 Å². The Morgan fingerprint density at radius 2 is 2.00 bits per heavy atom. The monoisotopic (exact) mass is 417 g/mol. The molecule has 5 rings (SSSR count). The van der Waals surface area contributed by atoms with Crippen LogP contribution in [0.15, 0.2) is 53.3 Å². The second-order valence-corrected chi connectivity index (χ2v) is 8.49. The third-order valence-electron chi connectivity index (χ3n) is 6.40. The van der Waals surface area contributed by atoms with Crippen LogP contribution in [-0.2, 0) is 11.3 Å². The highest BCUT2D eigenvalue weighted by molar-refractivity contribution is 6.06. The summed E-state index contributed by atoms with van der Waals surface area (Å²) in [4.78, 5) is 29.2. The predicted molar refractivity (Wildman–Crippen MR) is 122 cm³/mol. The van der Waals surface area contributed by atoms with Gasteiger partial charge in [-0.25, -0.2) is 4.79 Å². The number of aryl methyl sites for hydroxylation is 1. The molecular weight excluding hydrogens is 390 g/mol. The molecule has 160 valence electrons. The number of fused-ring (bicyclic) bond motifs is 3. The molecule has 2 aliphatic heterocycles. The molecular formula is C25H27N3O3. The number of pyridine rings is 1. The zero-order valence-corrected chi connectivity index (χ0v) is 17.9. The predicted octanol–water partition coefficient (Wildman–Crippen LogP) is 3.09. The number of rotatable bonds is 5. The Morgan fingerprint density at radius 1 is 1.19 bits per heavy atom. The molecule has 0 amide bonds. The summed E-state index contributed by atoms with van der Waals surface area (Å²) in [6, 6.07) is 16.7. The molecule has 6 heteroatoms. The summed E-state index contributed by atoms with van der Waals surface area (Å²) in [5.74, 6) is -0.538. The number of carbonyl (C=O) groups excluding carboxylic acids is 1. The van der Waals surface area contributed by atoms with E-state index in [0.717, 1.165) is 47.2 Å². The fourth-order valence-corrected chi connectivity index (χ4v) is 5.00. The van der Waals surface area contributed by atoms with Gasteiger partial charge in [-0.3, -0.25) is 4.79 Å². The van der Waals surface area contributed by atoms with Crippen LogP contribution in [-0.4, -0.2) is 42.3 Å². The van der Waals surface area contributed by atoms with Crippen LogP contribution in [0.2, 0.25) is 0 Å². The summed E-state index contributed by atoms with van der Waals surface area (Å²) in [6.45, 7) is 6.11. The third kappa shape index (κ3) is 3.41. The van der Waals surface area contributed by atoms with Crippen LogP contribution >= 0.6 is 0 Å².